The van der Waals surface area contributed by atoms with Crippen LogP contribution in [0.5, 0.6) is 0 Å². The summed E-state index contributed by atoms with van der Waals surface area (Å²) < 4.78 is 10.7. The number of H-pyrrole nitrogens is 1. The maximum Gasteiger partial charge on any atom is 0.0490 e. The zero-order chi connectivity index (χ0) is 8.81. The quantitative estimate of drug-likeness (QED) is 0.632. The minimum absolute atomic E-state index is 0.702. The molecule has 68 valence electrons. The third kappa shape index (κ3) is 3.64. The van der Waals surface area contributed by atoms with Gasteiger partial charge in [-0.05, 0) is 6.07 Å². The second kappa shape index (κ2) is 5.05. The second-order valence-electron chi connectivity index (χ2n) is 2.54. The van der Waals surface area contributed by atoms with Gasteiger partial charge in [0.25, 0.3) is 0 Å². The molecular formula is C7H13N3OS. The van der Waals surface area contributed by atoms with Crippen molar-refractivity contribution in [3.05, 3.63) is 18.0 Å². The van der Waals surface area contributed by atoms with Gasteiger partial charge in [0, 0.05) is 47.8 Å². The molecule has 1 atom stereocenters. The summed E-state index contributed by atoms with van der Waals surface area (Å²) in [6.07, 6.45) is 3.42. The minimum atomic E-state index is -0.702. The maximum atomic E-state index is 10.7. The molecule has 0 saturated heterocycles. The van der Waals surface area contributed by atoms with E-state index >= 15 is 0 Å². The van der Waals surface area contributed by atoms with Crippen LogP contribution in [-0.2, 0) is 17.3 Å². The van der Waals surface area contributed by atoms with Gasteiger partial charge in [0.05, 0.1) is 0 Å². The second-order valence-corrected chi connectivity index (χ2v) is 4.09. The lowest BCUT2D eigenvalue weighted by Gasteiger charge is -1.99. The van der Waals surface area contributed by atoms with Gasteiger partial charge in [0.15, 0.2) is 0 Å². The summed E-state index contributed by atoms with van der Waals surface area (Å²) in [4.78, 5) is 0. The van der Waals surface area contributed by atoms with Crippen LogP contribution in [0.15, 0.2) is 12.3 Å². The van der Waals surface area contributed by atoms with Gasteiger partial charge in [-0.15, -0.1) is 0 Å². The molecule has 12 heavy (non-hydrogen) atoms. The third-order valence-electron chi connectivity index (χ3n) is 1.44. The lowest BCUT2D eigenvalue weighted by Crippen LogP contribution is -2.19. The van der Waals surface area contributed by atoms with E-state index in [0.717, 1.165) is 18.8 Å². The molecule has 1 heterocycles. The van der Waals surface area contributed by atoms with Crippen molar-refractivity contribution in [1.29, 1.82) is 0 Å². The van der Waals surface area contributed by atoms with E-state index in [4.69, 9.17) is 0 Å². The van der Waals surface area contributed by atoms with Crippen molar-refractivity contribution in [3.63, 3.8) is 0 Å². The van der Waals surface area contributed by atoms with Crippen LogP contribution in [0.2, 0.25) is 0 Å². The Balaban J connectivity index is 2.07. The van der Waals surface area contributed by atoms with Crippen LogP contribution in [0, 0.1) is 0 Å². The number of nitrogens with zero attached hydrogens (tertiary/aromatic N) is 1. The Morgan fingerprint density at radius 3 is 3.17 bits per heavy atom. The summed E-state index contributed by atoms with van der Waals surface area (Å²) in [5.74, 6) is 0.703. The molecule has 0 bridgehead atoms. The summed E-state index contributed by atoms with van der Waals surface area (Å²) >= 11 is 0. The molecule has 0 spiro atoms. The van der Waals surface area contributed by atoms with E-state index < -0.39 is 10.8 Å². The van der Waals surface area contributed by atoms with Crippen molar-refractivity contribution in [1.82, 2.24) is 15.5 Å². The number of hydrogen-bond donors (Lipinski definition) is 2. The molecule has 0 aliphatic heterocycles. The maximum absolute atomic E-state index is 10.7. The number of aromatic amines is 1. The number of rotatable bonds is 5. The van der Waals surface area contributed by atoms with Gasteiger partial charge in [-0.3, -0.25) is 9.31 Å². The third-order valence-corrected chi connectivity index (χ3v) is 2.22. The lowest BCUT2D eigenvalue weighted by molar-refractivity contribution is 0.673. The minimum Gasteiger partial charge on any atom is -0.310 e. The molecule has 1 rings (SSSR count). The molecule has 1 aromatic rings. The molecule has 0 radical (unpaired) electrons. The predicted molar refractivity (Wildman–Crippen MR) is 49.2 cm³/mol. The summed E-state index contributed by atoms with van der Waals surface area (Å²) in [6.45, 7) is 1.54. The molecule has 4 nitrogen and oxygen atoms in total. The normalized spacial score (nSPS) is 13.1. The molecule has 0 aromatic carbocycles. The van der Waals surface area contributed by atoms with Gasteiger partial charge in [-0.1, -0.05) is 0 Å². The van der Waals surface area contributed by atoms with Crippen LogP contribution < -0.4 is 5.32 Å². The van der Waals surface area contributed by atoms with Crippen LogP contribution in [0.25, 0.3) is 0 Å². The van der Waals surface area contributed by atoms with Gasteiger partial charge in [-0.25, -0.2) is 0 Å². The standard InChI is InChI=1S/C7H13N3OS/c1-12(11)5-4-8-6-7-2-3-9-10-7/h2-3,8H,4-6H2,1H3,(H,9,10). The zero-order valence-corrected chi connectivity index (χ0v) is 7.86. The molecule has 0 aliphatic rings. The molecule has 2 N–H and O–H groups in total. The van der Waals surface area contributed by atoms with Crippen LogP contribution in [-0.4, -0.2) is 33.0 Å². The average molecular weight is 187 g/mol. The van der Waals surface area contributed by atoms with Crippen molar-refractivity contribution in [2.24, 2.45) is 0 Å². The first-order valence-corrected chi connectivity index (χ1v) is 5.51. The van der Waals surface area contributed by atoms with Crippen LogP contribution >= 0.6 is 0 Å². The van der Waals surface area contributed by atoms with Crippen molar-refractivity contribution in [2.75, 3.05) is 18.6 Å². The number of nitrogens with one attached hydrogen (secondary N) is 2. The average Bonchev–Trinajstić information content (AvgIpc) is 2.49. The Kier molecular flexibility index (Phi) is 3.96. The topological polar surface area (TPSA) is 57.8 Å². The smallest absolute Gasteiger partial charge is 0.0490 e. The Morgan fingerprint density at radius 2 is 2.58 bits per heavy atom. The highest BCUT2D eigenvalue weighted by atomic mass is 32.2. The van der Waals surface area contributed by atoms with E-state index in [1.807, 2.05) is 6.07 Å². The fourth-order valence-corrected chi connectivity index (χ4v) is 1.25. The predicted octanol–water partition coefficient (Wildman–Crippen LogP) is -0.122. The van der Waals surface area contributed by atoms with Gasteiger partial charge in [0.2, 0.25) is 0 Å². The Hall–Kier alpha value is -0.680. The summed E-state index contributed by atoms with van der Waals surface area (Å²) in [5, 5.41) is 9.80. The van der Waals surface area contributed by atoms with Crippen LogP contribution in [0.1, 0.15) is 5.69 Å². The van der Waals surface area contributed by atoms with Crippen molar-refractivity contribution >= 4 is 10.8 Å². The molecule has 0 fully saturated rings. The van der Waals surface area contributed by atoms with E-state index in [1.165, 1.54) is 0 Å². The van der Waals surface area contributed by atoms with Crippen molar-refractivity contribution in [2.45, 2.75) is 6.54 Å². The van der Waals surface area contributed by atoms with Gasteiger partial charge in [0.1, 0.15) is 0 Å². The number of aromatic nitrogens is 2. The summed E-state index contributed by atoms with van der Waals surface area (Å²) in [6, 6.07) is 1.91. The van der Waals surface area contributed by atoms with Crippen molar-refractivity contribution in [3.8, 4) is 0 Å². The van der Waals surface area contributed by atoms with E-state index in [2.05, 4.69) is 15.5 Å². The molecule has 1 unspecified atom stereocenters. The molecular weight excluding hydrogens is 174 g/mol. The van der Waals surface area contributed by atoms with E-state index in [1.54, 1.807) is 12.5 Å². The molecule has 0 aliphatic carbocycles. The van der Waals surface area contributed by atoms with E-state index in [9.17, 15) is 4.21 Å². The summed E-state index contributed by atoms with van der Waals surface area (Å²) in [7, 11) is -0.702. The van der Waals surface area contributed by atoms with E-state index in [-0.39, 0.29) is 0 Å². The largest absolute Gasteiger partial charge is 0.310 e. The Bertz CT molecular complexity index is 235. The SMILES string of the molecule is CS(=O)CCNCc1ccn[nH]1. The van der Waals surface area contributed by atoms with Gasteiger partial charge in [-0.2, -0.15) is 5.10 Å². The van der Waals surface area contributed by atoms with Crippen molar-refractivity contribution < 1.29 is 4.21 Å². The fourth-order valence-electron chi connectivity index (χ4n) is 0.822. The summed E-state index contributed by atoms with van der Waals surface area (Å²) in [5.41, 5.74) is 1.05. The van der Waals surface area contributed by atoms with Gasteiger partial charge < -0.3 is 5.32 Å². The first-order chi connectivity index (χ1) is 5.79. The Morgan fingerprint density at radius 1 is 1.75 bits per heavy atom. The van der Waals surface area contributed by atoms with Gasteiger partial charge >= 0.3 is 0 Å². The highest BCUT2D eigenvalue weighted by Gasteiger charge is 1.93. The molecule has 0 amide bonds. The zero-order valence-electron chi connectivity index (χ0n) is 7.04. The Labute approximate surface area is 74.2 Å². The van der Waals surface area contributed by atoms with Crippen LogP contribution in [0.4, 0.5) is 0 Å². The molecule has 5 heteroatoms. The lowest BCUT2D eigenvalue weighted by atomic mass is 10.4. The highest BCUT2D eigenvalue weighted by molar-refractivity contribution is 7.84. The van der Waals surface area contributed by atoms with Crippen LogP contribution in [0.3, 0.4) is 0 Å². The monoisotopic (exact) mass is 187 g/mol. The number of hydrogen-bond acceptors (Lipinski definition) is 3. The fraction of sp³-hybridized carbons (Fsp3) is 0.571. The molecule has 1 aromatic heterocycles. The highest BCUT2D eigenvalue weighted by Crippen LogP contribution is 1.88. The molecule has 0 saturated carbocycles. The van der Waals surface area contributed by atoms with E-state index in [0.29, 0.717) is 5.75 Å². The first-order valence-electron chi connectivity index (χ1n) is 3.78. The first kappa shape index (κ1) is 9.41.